The maximum atomic E-state index is 12.2. The highest BCUT2D eigenvalue weighted by Crippen LogP contribution is 2.31. The summed E-state index contributed by atoms with van der Waals surface area (Å²) < 4.78 is 11.1. The van der Waals surface area contributed by atoms with Gasteiger partial charge in [0.15, 0.2) is 11.5 Å². The molecule has 0 aliphatic carbocycles. The fraction of sp³-hybridized carbons (Fsp3) is 0.381. The largest absolute Gasteiger partial charge is 0.493 e. The minimum atomic E-state index is -0.194. The van der Waals surface area contributed by atoms with Crippen LogP contribution < -0.4 is 20.1 Å². The molecule has 1 heterocycles. The molecule has 2 aromatic rings. The van der Waals surface area contributed by atoms with Crippen LogP contribution in [0.5, 0.6) is 17.2 Å². The Morgan fingerprint density at radius 1 is 1.07 bits per heavy atom. The third kappa shape index (κ3) is 5.62. The number of anilines is 1. The topological polar surface area (TPSA) is 62.8 Å². The van der Waals surface area contributed by atoms with E-state index in [-0.39, 0.29) is 12.1 Å². The van der Waals surface area contributed by atoms with Gasteiger partial charge in [-0.1, -0.05) is 12.1 Å². The molecule has 6 heteroatoms. The molecule has 0 radical (unpaired) electrons. The van der Waals surface area contributed by atoms with Gasteiger partial charge in [0.05, 0.1) is 7.11 Å². The number of likely N-dealkylation sites (tertiary alicyclic amines) is 1. The second-order valence-corrected chi connectivity index (χ2v) is 6.78. The summed E-state index contributed by atoms with van der Waals surface area (Å²) in [6, 6.07) is 14.6. The van der Waals surface area contributed by atoms with Crippen LogP contribution in [-0.4, -0.2) is 43.7 Å². The first-order valence-corrected chi connectivity index (χ1v) is 9.35. The van der Waals surface area contributed by atoms with Gasteiger partial charge in [0, 0.05) is 18.3 Å². The maximum absolute atomic E-state index is 12.2. The number of carbonyl (C=O) groups excluding carboxylic acids is 1. The van der Waals surface area contributed by atoms with E-state index in [4.69, 9.17) is 9.47 Å². The van der Waals surface area contributed by atoms with Crippen molar-refractivity contribution < 1.29 is 14.3 Å². The minimum Gasteiger partial charge on any atom is -0.493 e. The van der Waals surface area contributed by atoms with E-state index in [2.05, 4.69) is 15.5 Å². The highest BCUT2D eigenvalue weighted by atomic mass is 16.5. The summed E-state index contributed by atoms with van der Waals surface area (Å²) in [6.07, 6.45) is 2.50. The Balaban J connectivity index is 1.50. The number of para-hydroxylation sites is 2. The van der Waals surface area contributed by atoms with Crippen molar-refractivity contribution in [2.24, 2.45) is 0 Å². The zero-order valence-electron chi connectivity index (χ0n) is 15.9. The zero-order chi connectivity index (χ0) is 19.1. The van der Waals surface area contributed by atoms with Gasteiger partial charge in [0.25, 0.3) is 0 Å². The van der Waals surface area contributed by atoms with Gasteiger partial charge >= 0.3 is 6.03 Å². The first-order chi connectivity index (χ1) is 13.1. The number of hydrogen-bond donors (Lipinski definition) is 2. The second kappa shape index (κ2) is 9.28. The highest BCUT2D eigenvalue weighted by molar-refractivity contribution is 5.89. The number of urea groups is 1. The normalized spacial score (nSPS) is 15.2. The molecule has 1 unspecified atom stereocenters. The maximum Gasteiger partial charge on any atom is 0.319 e. The van der Waals surface area contributed by atoms with Gasteiger partial charge in [-0.15, -0.1) is 0 Å². The van der Waals surface area contributed by atoms with Crippen molar-refractivity contribution in [3.63, 3.8) is 0 Å². The van der Waals surface area contributed by atoms with Gasteiger partial charge in [-0.25, -0.2) is 4.79 Å². The van der Waals surface area contributed by atoms with Gasteiger partial charge in [-0.2, -0.15) is 0 Å². The number of hydrogen-bond acceptors (Lipinski definition) is 4. The van der Waals surface area contributed by atoms with Gasteiger partial charge in [-0.05, 0) is 69.3 Å². The standard InChI is InChI=1S/C21H27N3O3/c1-16(15-24-13-5-6-14-24)22-21(25)23-17-9-11-18(12-10-17)27-20-8-4-3-7-19(20)26-2/h3-4,7-12,16H,5-6,13-15H2,1-2H3,(H2,22,23,25). The number of nitrogens with one attached hydrogen (secondary N) is 2. The number of rotatable bonds is 7. The predicted octanol–water partition coefficient (Wildman–Crippen LogP) is 4.09. The first kappa shape index (κ1) is 19.0. The Morgan fingerprint density at radius 3 is 2.41 bits per heavy atom. The van der Waals surface area contributed by atoms with Crippen molar-refractivity contribution >= 4 is 11.7 Å². The average molecular weight is 369 g/mol. The summed E-state index contributed by atoms with van der Waals surface area (Å²) in [7, 11) is 1.61. The van der Waals surface area contributed by atoms with Crippen LogP contribution in [0.25, 0.3) is 0 Å². The molecule has 1 fully saturated rings. The molecule has 0 bridgehead atoms. The van der Waals surface area contributed by atoms with Crippen LogP contribution in [0, 0.1) is 0 Å². The molecule has 6 nitrogen and oxygen atoms in total. The van der Waals surface area contributed by atoms with E-state index >= 15 is 0 Å². The van der Waals surface area contributed by atoms with E-state index in [1.54, 1.807) is 7.11 Å². The Bertz CT molecular complexity index is 743. The highest BCUT2D eigenvalue weighted by Gasteiger charge is 2.16. The lowest BCUT2D eigenvalue weighted by Gasteiger charge is -2.21. The molecule has 3 rings (SSSR count). The van der Waals surface area contributed by atoms with Gasteiger partial charge < -0.3 is 25.0 Å². The van der Waals surface area contributed by atoms with E-state index in [0.29, 0.717) is 22.9 Å². The molecular weight excluding hydrogens is 342 g/mol. The van der Waals surface area contributed by atoms with Crippen molar-refractivity contribution in [3.8, 4) is 17.2 Å². The second-order valence-electron chi connectivity index (χ2n) is 6.78. The van der Waals surface area contributed by atoms with E-state index in [1.807, 2.05) is 55.5 Å². The third-order valence-corrected chi connectivity index (χ3v) is 4.52. The Morgan fingerprint density at radius 2 is 1.74 bits per heavy atom. The fourth-order valence-corrected chi connectivity index (χ4v) is 3.23. The molecule has 1 aliphatic heterocycles. The monoisotopic (exact) mass is 369 g/mol. The predicted molar refractivity (Wildman–Crippen MR) is 107 cm³/mol. The number of benzene rings is 2. The van der Waals surface area contributed by atoms with E-state index < -0.39 is 0 Å². The van der Waals surface area contributed by atoms with Crippen molar-refractivity contribution in [1.29, 1.82) is 0 Å². The van der Waals surface area contributed by atoms with Crippen molar-refractivity contribution in [2.45, 2.75) is 25.8 Å². The van der Waals surface area contributed by atoms with Crippen LogP contribution in [0.2, 0.25) is 0 Å². The van der Waals surface area contributed by atoms with Gasteiger partial charge in [-0.3, -0.25) is 0 Å². The summed E-state index contributed by atoms with van der Waals surface area (Å²) in [5.41, 5.74) is 0.716. The first-order valence-electron chi connectivity index (χ1n) is 9.35. The fourth-order valence-electron chi connectivity index (χ4n) is 3.23. The van der Waals surface area contributed by atoms with Crippen LogP contribution in [-0.2, 0) is 0 Å². The van der Waals surface area contributed by atoms with Crippen LogP contribution in [0.4, 0.5) is 10.5 Å². The number of carbonyl (C=O) groups is 1. The molecule has 2 amide bonds. The minimum absolute atomic E-state index is 0.108. The Labute approximate surface area is 160 Å². The molecule has 1 saturated heterocycles. The Hall–Kier alpha value is -2.73. The van der Waals surface area contributed by atoms with Crippen LogP contribution in [0.1, 0.15) is 19.8 Å². The smallest absolute Gasteiger partial charge is 0.319 e. The van der Waals surface area contributed by atoms with Crippen LogP contribution >= 0.6 is 0 Å². The average Bonchev–Trinajstić information content (AvgIpc) is 3.16. The summed E-state index contributed by atoms with van der Waals surface area (Å²) in [4.78, 5) is 14.6. The molecule has 2 aromatic carbocycles. The lowest BCUT2D eigenvalue weighted by Crippen LogP contribution is -2.42. The lowest BCUT2D eigenvalue weighted by molar-refractivity contribution is 0.242. The molecule has 0 saturated carbocycles. The van der Waals surface area contributed by atoms with E-state index in [9.17, 15) is 4.79 Å². The van der Waals surface area contributed by atoms with Crippen molar-refractivity contribution in [1.82, 2.24) is 10.2 Å². The molecular formula is C21H27N3O3. The number of ether oxygens (including phenoxy) is 2. The molecule has 144 valence electrons. The molecule has 1 atom stereocenters. The SMILES string of the molecule is COc1ccccc1Oc1ccc(NC(=O)NC(C)CN2CCCC2)cc1. The number of amides is 2. The van der Waals surface area contributed by atoms with E-state index in [1.165, 1.54) is 12.8 Å². The quantitative estimate of drug-likeness (QED) is 0.771. The summed E-state index contributed by atoms with van der Waals surface area (Å²) >= 11 is 0. The summed E-state index contributed by atoms with van der Waals surface area (Å²) in [5.74, 6) is 1.99. The molecule has 27 heavy (non-hydrogen) atoms. The van der Waals surface area contributed by atoms with E-state index in [0.717, 1.165) is 19.6 Å². The van der Waals surface area contributed by atoms with Crippen molar-refractivity contribution in [2.75, 3.05) is 32.1 Å². The van der Waals surface area contributed by atoms with Gasteiger partial charge in [0.1, 0.15) is 5.75 Å². The van der Waals surface area contributed by atoms with Gasteiger partial charge in [0.2, 0.25) is 0 Å². The Kier molecular flexibility index (Phi) is 6.54. The van der Waals surface area contributed by atoms with Crippen molar-refractivity contribution in [3.05, 3.63) is 48.5 Å². The lowest BCUT2D eigenvalue weighted by atomic mass is 10.3. The van der Waals surface area contributed by atoms with Crippen LogP contribution in [0.3, 0.4) is 0 Å². The molecule has 0 aromatic heterocycles. The summed E-state index contributed by atoms with van der Waals surface area (Å²) in [6.45, 7) is 5.17. The molecule has 1 aliphatic rings. The molecule has 2 N–H and O–H groups in total. The third-order valence-electron chi connectivity index (χ3n) is 4.52. The number of nitrogens with zero attached hydrogens (tertiary/aromatic N) is 1. The van der Waals surface area contributed by atoms with Crippen LogP contribution in [0.15, 0.2) is 48.5 Å². The molecule has 0 spiro atoms. The number of methoxy groups -OCH3 is 1. The summed E-state index contributed by atoms with van der Waals surface area (Å²) in [5, 5.41) is 5.85. The zero-order valence-corrected chi connectivity index (χ0v) is 15.9.